The molecule has 0 saturated carbocycles. The Bertz CT molecular complexity index is 139. The van der Waals surface area contributed by atoms with Gasteiger partial charge in [-0.2, -0.15) is 0 Å². The van der Waals surface area contributed by atoms with Crippen LogP contribution in [0.1, 0.15) is 59.3 Å². The highest BCUT2D eigenvalue weighted by molar-refractivity contribution is 5.08. The highest BCUT2D eigenvalue weighted by atomic mass is 14.1. The summed E-state index contributed by atoms with van der Waals surface area (Å²) in [5, 5.41) is 0. The first-order valence-corrected chi connectivity index (χ1v) is 6.18. The van der Waals surface area contributed by atoms with Gasteiger partial charge in [0.25, 0.3) is 0 Å². The molecule has 0 spiro atoms. The fourth-order valence-corrected chi connectivity index (χ4v) is 1.28. The van der Waals surface area contributed by atoms with Crippen LogP contribution in [0.2, 0.25) is 0 Å². The number of hydrogen-bond acceptors (Lipinski definition) is 0. The van der Waals surface area contributed by atoms with Crippen LogP contribution >= 0.6 is 0 Å². The van der Waals surface area contributed by atoms with Gasteiger partial charge in [0.05, 0.1) is 0 Å². The average Bonchev–Trinajstić information content (AvgIpc) is 2.28. The van der Waals surface area contributed by atoms with Gasteiger partial charge in [0, 0.05) is 0 Å². The lowest BCUT2D eigenvalue weighted by atomic mass is 9.97. The van der Waals surface area contributed by atoms with Gasteiger partial charge in [-0.1, -0.05) is 70.8 Å². The molecule has 0 atom stereocenters. The molecule has 0 amide bonds. The molecule has 0 unspecified atom stereocenters. The summed E-state index contributed by atoms with van der Waals surface area (Å²) in [5.41, 5.74) is 0. The largest absolute Gasteiger partial charge is 0.0842 e. The van der Waals surface area contributed by atoms with E-state index < -0.39 is 0 Å². The first kappa shape index (κ1) is 13.5. The average molecular weight is 194 g/mol. The summed E-state index contributed by atoms with van der Waals surface area (Å²) in [6.07, 6.45) is 17.0. The number of hydrogen-bond donors (Lipinski definition) is 0. The summed E-state index contributed by atoms with van der Waals surface area (Å²) >= 11 is 0. The monoisotopic (exact) mass is 194 g/mol. The van der Waals surface area contributed by atoms with Crippen molar-refractivity contribution in [2.24, 2.45) is 5.92 Å². The van der Waals surface area contributed by atoms with Crippen molar-refractivity contribution in [2.45, 2.75) is 59.3 Å². The molecule has 1 aliphatic rings. The Morgan fingerprint density at radius 1 is 0.929 bits per heavy atom. The molecule has 1 aliphatic carbocycles. The first-order valence-electron chi connectivity index (χ1n) is 6.18. The van der Waals surface area contributed by atoms with Crippen LogP contribution in [0.25, 0.3) is 0 Å². The fourth-order valence-electron chi connectivity index (χ4n) is 1.28. The highest BCUT2D eigenvalue weighted by Crippen LogP contribution is 2.15. The maximum atomic E-state index is 2.33. The predicted octanol–water partition coefficient (Wildman–Crippen LogP) is 5.12. The topological polar surface area (TPSA) is 0 Å². The van der Waals surface area contributed by atoms with Gasteiger partial charge in [-0.3, -0.25) is 0 Å². The number of rotatable bonds is 4. The van der Waals surface area contributed by atoms with E-state index in [-0.39, 0.29) is 0 Å². The van der Waals surface area contributed by atoms with E-state index in [2.05, 4.69) is 45.1 Å². The molecule has 0 saturated heterocycles. The van der Waals surface area contributed by atoms with Gasteiger partial charge in [-0.05, 0) is 18.8 Å². The molecule has 0 aliphatic heterocycles. The molecule has 0 heteroatoms. The van der Waals surface area contributed by atoms with E-state index in [1.807, 2.05) is 0 Å². The second-order valence-electron chi connectivity index (χ2n) is 3.90. The van der Waals surface area contributed by atoms with Crippen molar-refractivity contribution in [1.29, 1.82) is 0 Å². The summed E-state index contributed by atoms with van der Waals surface area (Å²) in [5.74, 6) is 0.744. The smallest absolute Gasteiger partial charge is 0.00533 e. The zero-order valence-corrected chi connectivity index (χ0v) is 10.1. The summed E-state index contributed by atoms with van der Waals surface area (Å²) in [4.78, 5) is 0. The molecule has 82 valence electrons. The Morgan fingerprint density at radius 3 is 1.93 bits per heavy atom. The van der Waals surface area contributed by atoms with E-state index in [1.54, 1.807) is 0 Å². The third-order valence-electron chi connectivity index (χ3n) is 2.43. The molecule has 0 aromatic rings. The van der Waals surface area contributed by atoms with E-state index in [0.29, 0.717) is 0 Å². The Morgan fingerprint density at radius 2 is 1.50 bits per heavy atom. The van der Waals surface area contributed by atoms with E-state index in [9.17, 15) is 0 Å². The molecular formula is C14H26. The van der Waals surface area contributed by atoms with Crippen molar-refractivity contribution in [3.63, 3.8) is 0 Å². The maximum Gasteiger partial charge on any atom is -0.00533 e. The van der Waals surface area contributed by atoms with Crippen LogP contribution in [0.4, 0.5) is 0 Å². The molecule has 0 N–H and O–H groups in total. The molecular weight excluding hydrogens is 168 g/mol. The molecule has 0 bridgehead atoms. The molecule has 0 heterocycles. The van der Waals surface area contributed by atoms with Gasteiger partial charge >= 0.3 is 0 Å². The second-order valence-corrected chi connectivity index (χ2v) is 3.90. The van der Waals surface area contributed by atoms with Crippen molar-refractivity contribution >= 4 is 0 Å². The van der Waals surface area contributed by atoms with Crippen LogP contribution in [-0.4, -0.2) is 0 Å². The Labute approximate surface area is 90.1 Å². The zero-order valence-electron chi connectivity index (χ0n) is 10.1. The van der Waals surface area contributed by atoms with Crippen LogP contribution in [-0.2, 0) is 0 Å². The minimum absolute atomic E-state index is 0.744. The molecule has 0 aromatic heterocycles. The number of unbranched alkanes of at least 4 members (excludes halogenated alkanes) is 2. The summed E-state index contributed by atoms with van der Waals surface area (Å²) in [7, 11) is 0. The van der Waals surface area contributed by atoms with Crippen molar-refractivity contribution in [3.8, 4) is 0 Å². The lowest BCUT2D eigenvalue weighted by Crippen LogP contribution is -1.93. The standard InChI is InChI=1S/C10H16.C4H10/c1-2-3-7-10-8-5-4-6-9-10;1-3-4-2/h5-6,8-10H,2-4,7H2,1H3;3-4H2,1-2H3. The SMILES string of the molecule is CCCC.CCCCC1C=CCC=C1. The van der Waals surface area contributed by atoms with Crippen molar-refractivity contribution in [1.82, 2.24) is 0 Å². The summed E-state index contributed by atoms with van der Waals surface area (Å²) < 4.78 is 0. The van der Waals surface area contributed by atoms with Crippen LogP contribution < -0.4 is 0 Å². The van der Waals surface area contributed by atoms with E-state index in [4.69, 9.17) is 0 Å². The van der Waals surface area contributed by atoms with E-state index in [0.717, 1.165) is 12.3 Å². The highest BCUT2D eigenvalue weighted by Gasteiger charge is 2.00. The van der Waals surface area contributed by atoms with Crippen molar-refractivity contribution in [2.75, 3.05) is 0 Å². The Balaban J connectivity index is 0.000000364. The minimum atomic E-state index is 0.744. The molecule has 0 nitrogen and oxygen atoms in total. The van der Waals surface area contributed by atoms with Gasteiger partial charge in [0.1, 0.15) is 0 Å². The normalized spacial score (nSPS) is 15.1. The van der Waals surface area contributed by atoms with Crippen LogP contribution in [0.15, 0.2) is 24.3 Å². The van der Waals surface area contributed by atoms with Crippen molar-refractivity contribution < 1.29 is 0 Å². The lowest BCUT2D eigenvalue weighted by Gasteiger charge is -2.08. The summed E-state index contributed by atoms with van der Waals surface area (Å²) in [6, 6.07) is 0. The molecule has 0 radical (unpaired) electrons. The molecule has 0 fully saturated rings. The zero-order chi connectivity index (χ0) is 10.6. The molecule has 14 heavy (non-hydrogen) atoms. The summed E-state index contributed by atoms with van der Waals surface area (Å²) in [6.45, 7) is 6.61. The predicted molar refractivity (Wildman–Crippen MR) is 66.5 cm³/mol. The van der Waals surface area contributed by atoms with Gasteiger partial charge in [-0.25, -0.2) is 0 Å². The quantitative estimate of drug-likeness (QED) is 0.545. The van der Waals surface area contributed by atoms with Crippen LogP contribution in [0.3, 0.4) is 0 Å². The fraction of sp³-hybridized carbons (Fsp3) is 0.714. The van der Waals surface area contributed by atoms with Gasteiger partial charge in [0.2, 0.25) is 0 Å². The van der Waals surface area contributed by atoms with E-state index in [1.165, 1.54) is 32.1 Å². The maximum absolute atomic E-state index is 2.33. The van der Waals surface area contributed by atoms with Gasteiger partial charge < -0.3 is 0 Å². The third kappa shape index (κ3) is 8.10. The van der Waals surface area contributed by atoms with E-state index >= 15 is 0 Å². The van der Waals surface area contributed by atoms with Crippen molar-refractivity contribution in [3.05, 3.63) is 24.3 Å². The first-order chi connectivity index (χ1) is 6.85. The van der Waals surface area contributed by atoms with Crippen LogP contribution in [0, 0.1) is 5.92 Å². The Kier molecular flexibility index (Phi) is 10.2. The molecule has 0 aromatic carbocycles. The molecule has 1 rings (SSSR count). The number of allylic oxidation sites excluding steroid dienone is 4. The lowest BCUT2D eigenvalue weighted by molar-refractivity contribution is 0.636. The second kappa shape index (κ2) is 10.6. The third-order valence-corrected chi connectivity index (χ3v) is 2.43. The Hall–Kier alpha value is -0.520. The van der Waals surface area contributed by atoms with Gasteiger partial charge in [0.15, 0.2) is 0 Å². The van der Waals surface area contributed by atoms with Crippen LogP contribution in [0.5, 0.6) is 0 Å². The van der Waals surface area contributed by atoms with Gasteiger partial charge in [-0.15, -0.1) is 0 Å². The minimum Gasteiger partial charge on any atom is -0.0842 e.